The zero-order chi connectivity index (χ0) is 10.8. The van der Waals surface area contributed by atoms with Gasteiger partial charge in [0.1, 0.15) is 5.78 Å². The van der Waals surface area contributed by atoms with Gasteiger partial charge in [0.25, 0.3) is 0 Å². The Labute approximate surface area is 86.6 Å². The van der Waals surface area contributed by atoms with Gasteiger partial charge < -0.3 is 5.41 Å². The molecule has 0 aromatic carbocycles. The lowest BCUT2D eigenvalue weighted by molar-refractivity contribution is -0.131. The molecular formula is C12H21NO. The molecule has 1 aliphatic rings. The van der Waals surface area contributed by atoms with Crippen molar-refractivity contribution in [3.63, 3.8) is 0 Å². The molecule has 2 nitrogen and oxygen atoms in total. The second-order valence-corrected chi connectivity index (χ2v) is 5.39. The van der Waals surface area contributed by atoms with E-state index in [0.29, 0.717) is 11.7 Å². The molecule has 1 fully saturated rings. The molecule has 1 rings (SSSR count). The molecule has 2 heteroatoms. The zero-order valence-electron chi connectivity index (χ0n) is 9.47. The number of nitrogens with one attached hydrogen (secondary N) is 1. The molecule has 0 aromatic rings. The molecule has 0 unspecified atom stereocenters. The van der Waals surface area contributed by atoms with Crippen LogP contribution >= 0.6 is 0 Å². The summed E-state index contributed by atoms with van der Waals surface area (Å²) >= 11 is 0. The normalized spacial score (nSPS) is 28.5. The SMILES string of the molecule is CC(C)(C)C(=O)C1CCC(C=N)CC1. The third-order valence-electron chi connectivity index (χ3n) is 3.12. The first-order valence-corrected chi connectivity index (χ1v) is 5.50. The van der Waals surface area contributed by atoms with Gasteiger partial charge in [0.05, 0.1) is 0 Å². The summed E-state index contributed by atoms with van der Waals surface area (Å²) in [5.74, 6) is 1.09. The van der Waals surface area contributed by atoms with Gasteiger partial charge in [-0.15, -0.1) is 0 Å². The fourth-order valence-corrected chi connectivity index (χ4v) is 2.16. The molecular weight excluding hydrogens is 174 g/mol. The molecule has 0 saturated heterocycles. The van der Waals surface area contributed by atoms with Crippen molar-refractivity contribution in [3.8, 4) is 0 Å². The van der Waals surface area contributed by atoms with E-state index in [2.05, 4.69) is 0 Å². The first-order valence-electron chi connectivity index (χ1n) is 5.50. The van der Waals surface area contributed by atoms with Crippen molar-refractivity contribution < 1.29 is 4.79 Å². The maximum absolute atomic E-state index is 12.0. The van der Waals surface area contributed by atoms with E-state index in [0.717, 1.165) is 25.7 Å². The van der Waals surface area contributed by atoms with Crippen LogP contribution in [0.15, 0.2) is 0 Å². The van der Waals surface area contributed by atoms with Crippen LogP contribution in [0.5, 0.6) is 0 Å². The molecule has 80 valence electrons. The molecule has 0 spiro atoms. The van der Waals surface area contributed by atoms with E-state index in [1.54, 1.807) is 0 Å². The number of carbonyl (C=O) groups excluding carboxylic acids is 1. The maximum Gasteiger partial charge on any atom is 0.141 e. The van der Waals surface area contributed by atoms with Crippen molar-refractivity contribution in [1.82, 2.24) is 0 Å². The van der Waals surface area contributed by atoms with E-state index in [4.69, 9.17) is 5.41 Å². The molecule has 0 heterocycles. The van der Waals surface area contributed by atoms with Crippen LogP contribution in [-0.2, 0) is 4.79 Å². The number of ketones is 1. The fraction of sp³-hybridized carbons (Fsp3) is 0.833. The van der Waals surface area contributed by atoms with Gasteiger partial charge in [0.2, 0.25) is 0 Å². The van der Waals surface area contributed by atoms with Crippen molar-refractivity contribution in [1.29, 1.82) is 5.41 Å². The highest BCUT2D eigenvalue weighted by atomic mass is 16.1. The Hall–Kier alpha value is -0.660. The van der Waals surface area contributed by atoms with Crippen LogP contribution in [0.1, 0.15) is 46.5 Å². The lowest BCUT2D eigenvalue weighted by atomic mass is 9.74. The number of rotatable bonds is 2. The number of carbonyl (C=O) groups is 1. The van der Waals surface area contributed by atoms with E-state index < -0.39 is 0 Å². The molecule has 0 radical (unpaired) electrons. The van der Waals surface area contributed by atoms with Gasteiger partial charge in [-0.05, 0) is 37.8 Å². The average molecular weight is 195 g/mol. The minimum Gasteiger partial charge on any atom is -0.313 e. The largest absolute Gasteiger partial charge is 0.313 e. The number of hydrogen-bond donors (Lipinski definition) is 1. The van der Waals surface area contributed by atoms with Gasteiger partial charge in [-0.3, -0.25) is 4.79 Å². The van der Waals surface area contributed by atoms with Crippen LogP contribution in [0.4, 0.5) is 0 Å². The molecule has 1 N–H and O–H groups in total. The lowest BCUT2D eigenvalue weighted by Gasteiger charge is -2.29. The summed E-state index contributed by atoms with van der Waals surface area (Å²) in [6.45, 7) is 5.99. The molecule has 14 heavy (non-hydrogen) atoms. The van der Waals surface area contributed by atoms with Gasteiger partial charge in [-0.2, -0.15) is 0 Å². The van der Waals surface area contributed by atoms with Crippen molar-refractivity contribution in [2.75, 3.05) is 0 Å². The maximum atomic E-state index is 12.0. The molecule has 1 aliphatic carbocycles. The summed E-state index contributed by atoms with van der Waals surface area (Å²) in [6.07, 6.45) is 5.55. The lowest BCUT2D eigenvalue weighted by Crippen LogP contribution is -2.31. The highest BCUT2D eigenvalue weighted by Gasteiger charge is 2.32. The van der Waals surface area contributed by atoms with E-state index >= 15 is 0 Å². The van der Waals surface area contributed by atoms with Gasteiger partial charge in [0, 0.05) is 11.3 Å². The molecule has 0 atom stereocenters. The number of Topliss-reactive ketones (excluding diaryl/α,β-unsaturated/α-hetero) is 1. The fourth-order valence-electron chi connectivity index (χ4n) is 2.16. The number of hydrogen-bond acceptors (Lipinski definition) is 2. The summed E-state index contributed by atoms with van der Waals surface area (Å²) < 4.78 is 0. The molecule has 0 amide bonds. The Morgan fingerprint density at radius 1 is 1.21 bits per heavy atom. The Morgan fingerprint density at radius 2 is 1.71 bits per heavy atom. The Morgan fingerprint density at radius 3 is 2.07 bits per heavy atom. The van der Waals surface area contributed by atoms with E-state index in [9.17, 15) is 4.79 Å². The topological polar surface area (TPSA) is 40.9 Å². The molecule has 0 aliphatic heterocycles. The van der Waals surface area contributed by atoms with Gasteiger partial charge >= 0.3 is 0 Å². The first-order chi connectivity index (χ1) is 6.45. The van der Waals surface area contributed by atoms with E-state index in [1.807, 2.05) is 20.8 Å². The minimum absolute atomic E-state index is 0.192. The van der Waals surface area contributed by atoms with Crippen molar-refractivity contribution in [3.05, 3.63) is 0 Å². The van der Waals surface area contributed by atoms with Crippen molar-refractivity contribution >= 4 is 12.0 Å². The smallest absolute Gasteiger partial charge is 0.141 e. The van der Waals surface area contributed by atoms with Gasteiger partial charge in [-0.25, -0.2) is 0 Å². The third kappa shape index (κ3) is 2.66. The summed E-state index contributed by atoms with van der Waals surface area (Å²) in [4.78, 5) is 12.0. The monoisotopic (exact) mass is 195 g/mol. The molecule has 0 aromatic heterocycles. The predicted molar refractivity (Wildman–Crippen MR) is 58.7 cm³/mol. The summed E-state index contributed by atoms with van der Waals surface area (Å²) in [5.41, 5.74) is -0.192. The quantitative estimate of drug-likeness (QED) is 0.676. The Balaban J connectivity index is 2.50. The van der Waals surface area contributed by atoms with Gasteiger partial charge in [0.15, 0.2) is 0 Å². The third-order valence-corrected chi connectivity index (χ3v) is 3.12. The van der Waals surface area contributed by atoms with Crippen LogP contribution in [-0.4, -0.2) is 12.0 Å². The Bertz CT molecular complexity index is 219. The molecule has 0 bridgehead atoms. The minimum atomic E-state index is -0.192. The highest BCUT2D eigenvalue weighted by molar-refractivity contribution is 5.86. The summed E-state index contributed by atoms with van der Waals surface area (Å²) in [5, 5.41) is 7.18. The van der Waals surface area contributed by atoms with Gasteiger partial charge in [-0.1, -0.05) is 20.8 Å². The van der Waals surface area contributed by atoms with Crippen LogP contribution in [0, 0.1) is 22.7 Å². The summed E-state index contributed by atoms with van der Waals surface area (Å²) in [7, 11) is 0. The summed E-state index contributed by atoms with van der Waals surface area (Å²) in [6, 6.07) is 0. The van der Waals surface area contributed by atoms with Crippen LogP contribution in [0.2, 0.25) is 0 Å². The zero-order valence-corrected chi connectivity index (χ0v) is 9.47. The second-order valence-electron chi connectivity index (χ2n) is 5.39. The van der Waals surface area contributed by atoms with Crippen LogP contribution in [0.3, 0.4) is 0 Å². The first kappa shape index (κ1) is 11.4. The van der Waals surface area contributed by atoms with E-state index in [-0.39, 0.29) is 11.3 Å². The van der Waals surface area contributed by atoms with Crippen molar-refractivity contribution in [2.24, 2.45) is 17.3 Å². The standard InChI is InChI=1S/C12H21NO/c1-12(2,3)11(14)10-6-4-9(8-13)5-7-10/h8-10,13H,4-7H2,1-3H3. The average Bonchev–Trinajstić information content (AvgIpc) is 2.15. The van der Waals surface area contributed by atoms with Crippen LogP contribution in [0.25, 0.3) is 0 Å². The Kier molecular flexibility index (Phi) is 3.46. The van der Waals surface area contributed by atoms with E-state index in [1.165, 1.54) is 6.21 Å². The van der Waals surface area contributed by atoms with Crippen LogP contribution < -0.4 is 0 Å². The highest BCUT2D eigenvalue weighted by Crippen LogP contribution is 2.33. The molecule has 1 saturated carbocycles. The predicted octanol–water partition coefficient (Wildman–Crippen LogP) is 3.06. The van der Waals surface area contributed by atoms with Crippen molar-refractivity contribution in [2.45, 2.75) is 46.5 Å². The second kappa shape index (κ2) is 4.24.